The fourth-order valence-corrected chi connectivity index (χ4v) is 4.05. The van der Waals surface area contributed by atoms with Gasteiger partial charge in [-0.3, -0.25) is 4.90 Å². The quantitative estimate of drug-likeness (QED) is 0.854. The number of aromatic nitrogens is 2. The molecule has 118 valence electrons. The van der Waals surface area contributed by atoms with E-state index in [2.05, 4.69) is 32.9 Å². The summed E-state index contributed by atoms with van der Waals surface area (Å²) < 4.78 is 0.869. The van der Waals surface area contributed by atoms with E-state index >= 15 is 0 Å². The third kappa shape index (κ3) is 3.77. The maximum Gasteiger partial charge on any atom is 0.225 e. The van der Waals surface area contributed by atoms with Gasteiger partial charge >= 0.3 is 0 Å². The maximum atomic E-state index is 6.03. The molecule has 0 radical (unpaired) electrons. The van der Waals surface area contributed by atoms with Crippen LogP contribution < -0.4 is 4.90 Å². The molecule has 2 aromatic heterocycles. The van der Waals surface area contributed by atoms with Crippen molar-refractivity contribution in [2.24, 2.45) is 0 Å². The van der Waals surface area contributed by atoms with Gasteiger partial charge < -0.3 is 4.90 Å². The van der Waals surface area contributed by atoms with Gasteiger partial charge in [0.25, 0.3) is 0 Å². The van der Waals surface area contributed by atoms with E-state index in [0.29, 0.717) is 6.04 Å². The van der Waals surface area contributed by atoms with Crippen LogP contribution in [0.25, 0.3) is 0 Å². The summed E-state index contributed by atoms with van der Waals surface area (Å²) in [6.07, 6.45) is 4.23. The van der Waals surface area contributed by atoms with Gasteiger partial charge in [0.2, 0.25) is 5.95 Å². The van der Waals surface area contributed by atoms with E-state index in [1.54, 1.807) is 11.3 Å². The van der Waals surface area contributed by atoms with Crippen LogP contribution in [-0.2, 0) is 6.54 Å². The Hall–Kier alpha value is -1.17. The predicted octanol–water partition coefficient (Wildman–Crippen LogP) is 3.60. The van der Waals surface area contributed by atoms with Crippen molar-refractivity contribution in [1.29, 1.82) is 0 Å². The smallest absolute Gasteiger partial charge is 0.225 e. The van der Waals surface area contributed by atoms with E-state index in [-0.39, 0.29) is 0 Å². The van der Waals surface area contributed by atoms with E-state index < -0.39 is 0 Å². The van der Waals surface area contributed by atoms with Crippen molar-refractivity contribution in [3.05, 3.63) is 39.3 Å². The van der Waals surface area contributed by atoms with Crippen LogP contribution in [0.1, 0.15) is 23.4 Å². The molecule has 22 heavy (non-hydrogen) atoms. The van der Waals surface area contributed by atoms with E-state index in [9.17, 15) is 0 Å². The third-order valence-electron chi connectivity index (χ3n) is 4.13. The molecular formula is C16H21ClN4S. The molecule has 1 fully saturated rings. The van der Waals surface area contributed by atoms with Crippen LogP contribution in [0.4, 0.5) is 5.95 Å². The molecule has 0 aliphatic carbocycles. The second-order valence-electron chi connectivity index (χ2n) is 5.85. The normalized spacial score (nSPS) is 19.3. The second-order valence-corrected chi connectivity index (χ2v) is 7.65. The summed E-state index contributed by atoms with van der Waals surface area (Å²) in [5.41, 5.74) is 1.01. The molecule has 3 heterocycles. The Balaban J connectivity index is 1.64. The number of halogens is 1. The minimum absolute atomic E-state index is 0.464. The summed E-state index contributed by atoms with van der Waals surface area (Å²) in [4.78, 5) is 15.0. The van der Waals surface area contributed by atoms with Crippen molar-refractivity contribution < 1.29 is 0 Å². The Morgan fingerprint density at radius 1 is 1.41 bits per heavy atom. The van der Waals surface area contributed by atoms with Crippen LogP contribution in [0.3, 0.4) is 0 Å². The Morgan fingerprint density at radius 3 is 3.00 bits per heavy atom. The summed E-state index contributed by atoms with van der Waals surface area (Å²) in [5, 5.41) is 0. The molecule has 1 saturated heterocycles. The Kier molecular flexibility index (Phi) is 4.96. The molecule has 1 atom stereocenters. The highest BCUT2D eigenvalue weighted by atomic mass is 35.5. The van der Waals surface area contributed by atoms with Crippen LogP contribution in [0.2, 0.25) is 4.34 Å². The van der Waals surface area contributed by atoms with Gasteiger partial charge in [0, 0.05) is 42.9 Å². The van der Waals surface area contributed by atoms with Gasteiger partial charge in [0.05, 0.1) is 4.34 Å². The minimum atomic E-state index is 0.464. The lowest BCUT2D eigenvalue weighted by molar-refractivity contribution is 0.199. The second kappa shape index (κ2) is 6.94. The summed E-state index contributed by atoms with van der Waals surface area (Å²) >= 11 is 7.70. The predicted molar refractivity (Wildman–Crippen MR) is 92.8 cm³/mol. The number of piperidine rings is 1. The van der Waals surface area contributed by atoms with Crippen molar-refractivity contribution in [2.45, 2.75) is 32.4 Å². The summed E-state index contributed by atoms with van der Waals surface area (Å²) in [6.45, 7) is 5.18. The number of rotatable bonds is 4. The number of nitrogens with zero attached hydrogens (tertiary/aromatic N) is 4. The topological polar surface area (TPSA) is 32.3 Å². The standard InChI is InChI=1S/C16H21ClN4S/c1-12-7-8-18-16(19-12)20(2)13-4-3-9-21(10-13)11-14-5-6-15(17)22-14/h5-8,13H,3-4,9-11H2,1-2H3. The van der Waals surface area contributed by atoms with E-state index in [4.69, 9.17) is 11.6 Å². The van der Waals surface area contributed by atoms with Crippen molar-refractivity contribution in [2.75, 3.05) is 25.0 Å². The molecule has 0 aromatic carbocycles. The molecule has 1 unspecified atom stereocenters. The van der Waals surface area contributed by atoms with Crippen molar-refractivity contribution in [3.63, 3.8) is 0 Å². The first-order valence-corrected chi connectivity index (χ1v) is 8.80. The summed E-state index contributed by atoms with van der Waals surface area (Å²) in [6, 6.07) is 6.51. The molecule has 0 N–H and O–H groups in total. The average molecular weight is 337 g/mol. The lowest BCUT2D eigenvalue weighted by Crippen LogP contribution is -2.46. The number of likely N-dealkylation sites (tertiary alicyclic amines) is 1. The van der Waals surface area contributed by atoms with E-state index in [1.807, 2.05) is 25.3 Å². The molecular weight excluding hydrogens is 316 g/mol. The zero-order valence-electron chi connectivity index (χ0n) is 13.0. The Morgan fingerprint density at radius 2 is 2.27 bits per heavy atom. The fourth-order valence-electron chi connectivity index (χ4n) is 2.92. The molecule has 2 aromatic rings. The highest BCUT2D eigenvalue weighted by Crippen LogP contribution is 2.25. The van der Waals surface area contributed by atoms with Crippen LogP contribution >= 0.6 is 22.9 Å². The molecule has 0 amide bonds. The largest absolute Gasteiger partial charge is 0.340 e. The minimum Gasteiger partial charge on any atom is -0.340 e. The number of aryl methyl sites for hydroxylation is 1. The molecule has 3 rings (SSSR count). The van der Waals surface area contributed by atoms with Gasteiger partial charge in [-0.2, -0.15) is 0 Å². The van der Waals surface area contributed by atoms with Gasteiger partial charge in [-0.15, -0.1) is 11.3 Å². The third-order valence-corrected chi connectivity index (χ3v) is 5.35. The number of hydrogen-bond donors (Lipinski definition) is 0. The van der Waals surface area contributed by atoms with Gasteiger partial charge in [0.15, 0.2) is 0 Å². The number of likely N-dealkylation sites (N-methyl/N-ethyl adjacent to an activating group) is 1. The van der Waals surface area contributed by atoms with Crippen molar-refractivity contribution in [3.8, 4) is 0 Å². The first-order chi connectivity index (χ1) is 10.6. The maximum absolute atomic E-state index is 6.03. The fraction of sp³-hybridized carbons (Fsp3) is 0.500. The van der Waals surface area contributed by atoms with Gasteiger partial charge in [0.1, 0.15) is 0 Å². The SMILES string of the molecule is Cc1ccnc(N(C)C2CCCN(Cc3ccc(Cl)s3)C2)n1. The molecule has 0 saturated carbocycles. The van der Waals surface area contributed by atoms with Crippen LogP contribution in [0.15, 0.2) is 24.4 Å². The average Bonchev–Trinajstić information content (AvgIpc) is 2.92. The first-order valence-electron chi connectivity index (χ1n) is 7.61. The number of hydrogen-bond acceptors (Lipinski definition) is 5. The van der Waals surface area contributed by atoms with Crippen molar-refractivity contribution in [1.82, 2.24) is 14.9 Å². The molecule has 0 bridgehead atoms. The molecule has 4 nitrogen and oxygen atoms in total. The Bertz CT molecular complexity index is 630. The highest BCUT2D eigenvalue weighted by molar-refractivity contribution is 7.16. The van der Waals surface area contributed by atoms with Gasteiger partial charge in [-0.1, -0.05) is 11.6 Å². The van der Waals surface area contributed by atoms with Crippen LogP contribution in [-0.4, -0.2) is 41.0 Å². The molecule has 6 heteroatoms. The van der Waals surface area contributed by atoms with E-state index in [1.165, 1.54) is 17.7 Å². The molecule has 1 aliphatic rings. The lowest BCUT2D eigenvalue weighted by atomic mass is 10.0. The zero-order chi connectivity index (χ0) is 15.5. The van der Waals surface area contributed by atoms with E-state index in [0.717, 1.165) is 35.6 Å². The van der Waals surface area contributed by atoms with Crippen LogP contribution in [0.5, 0.6) is 0 Å². The summed E-state index contributed by atoms with van der Waals surface area (Å²) in [5.74, 6) is 0.825. The van der Waals surface area contributed by atoms with Crippen LogP contribution in [0, 0.1) is 6.92 Å². The monoisotopic (exact) mass is 336 g/mol. The Labute approximate surface area is 140 Å². The van der Waals surface area contributed by atoms with Gasteiger partial charge in [-0.05, 0) is 44.5 Å². The highest BCUT2D eigenvalue weighted by Gasteiger charge is 2.25. The van der Waals surface area contributed by atoms with Crippen molar-refractivity contribution >= 4 is 28.9 Å². The number of anilines is 1. The van der Waals surface area contributed by atoms with Gasteiger partial charge in [-0.25, -0.2) is 9.97 Å². The summed E-state index contributed by atoms with van der Waals surface area (Å²) in [7, 11) is 2.10. The molecule has 1 aliphatic heterocycles. The number of thiophene rings is 1. The first kappa shape index (κ1) is 15.7. The zero-order valence-corrected chi connectivity index (χ0v) is 14.6. The lowest BCUT2D eigenvalue weighted by Gasteiger charge is -2.37. The molecule has 0 spiro atoms.